The molecule has 1 aliphatic heterocycles. The van der Waals surface area contributed by atoms with Crippen molar-refractivity contribution in [1.82, 2.24) is 10.6 Å². The van der Waals surface area contributed by atoms with E-state index in [1.54, 1.807) is 37.6 Å². The summed E-state index contributed by atoms with van der Waals surface area (Å²) in [5.74, 6) is 1.14. The highest BCUT2D eigenvalue weighted by molar-refractivity contribution is 5.95. The van der Waals surface area contributed by atoms with E-state index in [0.717, 1.165) is 5.69 Å². The van der Waals surface area contributed by atoms with Crippen LogP contribution in [0.15, 0.2) is 41.0 Å². The van der Waals surface area contributed by atoms with Crippen LogP contribution in [0.2, 0.25) is 0 Å². The summed E-state index contributed by atoms with van der Waals surface area (Å²) in [5.41, 5.74) is 1.32. The van der Waals surface area contributed by atoms with Crippen molar-refractivity contribution in [2.24, 2.45) is 0 Å². The van der Waals surface area contributed by atoms with Gasteiger partial charge < -0.3 is 29.4 Å². The number of hydrogen-bond donors (Lipinski definition) is 2. The Morgan fingerprint density at radius 3 is 2.89 bits per heavy atom. The molecule has 2 N–H and O–H groups in total. The number of methoxy groups -OCH3 is 1. The van der Waals surface area contributed by atoms with Crippen molar-refractivity contribution >= 4 is 17.5 Å². The number of likely N-dealkylation sites (N-methyl/N-ethyl adjacent to an activating group) is 1. The molecule has 1 aromatic heterocycles. The third-order valence-electron chi connectivity index (χ3n) is 4.63. The highest BCUT2D eigenvalue weighted by Gasteiger charge is 2.27. The Bertz CT molecular complexity index is 806. The van der Waals surface area contributed by atoms with Crippen molar-refractivity contribution in [2.75, 3.05) is 38.8 Å². The summed E-state index contributed by atoms with van der Waals surface area (Å²) in [6.45, 7) is 1.65. The van der Waals surface area contributed by atoms with Gasteiger partial charge in [-0.2, -0.15) is 0 Å². The van der Waals surface area contributed by atoms with Crippen molar-refractivity contribution in [3.63, 3.8) is 0 Å². The zero-order chi connectivity index (χ0) is 19.9. The SMILES string of the molecule is COCCNC(=O)c1ccc2c(c1)N(C)[C@H](CC(=O)NCc1ccco1)CO2. The van der Waals surface area contributed by atoms with Gasteiger partial charge in [-0.15, -0.1) is 0 Å². The minimum Gasteiger partial charge on any atom is -0.489 e. The van der Waals surface area contributed by atoms with Gasteiger partial charge in [0.25, 0.3) is 5.91 Å². The Labute approximate surface area is 163 Å². The lowest BCUT2D eigenvalue weighted by molar-refractivity contribution is -0.121. The molecule has 150 valence electrons. The normalized spacial score (nSPS) is 15.5. The molecule has 0 saturated carbocycles. The van der Waals surface area contributed by atoms with E-state index in [-0.39, 0.29) is 24.3 Å². The third-order valence-corrected chi connectivity index (χ3v) is 4.63. The lowest BCUT2D eigenvalue weighted by atomic mass is 10.1. The van der Waals surface area contributed by atoms with Gasteiger partial charge >= 0.3 is 0 Å². The first kappa shape index (κ1) is 19.8. The van der Waals surface area contributed by atoms with Gasteiger partial charge in [-0.1, -0.05) is 0 Å². The Kier molecular flexibility index (Phi) is 6.54. The van der Waals surface area contributed by atoms with Crippen LogP contribution >= 0.6 is 0 Å². The van der Waals surface area contributed by atoms with Crippen molar-refractivity contribution in [1.29, 1.82) is 0 Å². The van der Waals surface area contributed by atoms with Crippen molar-refractivity contribution in [2.45, 2.75) is 19.0 Å². The lowest BCUT2D eigenvalue weighted by Gasteiger charge is -2.35. The number of nitrogens with one attached hydrogen (secondary N) is 2. The molecule has 0 radical (unpaired) electrons. The topological polar surface area (TPSA) is 93.0 Å². The predicted octanol–water partition coefficient (Wildman–Crippen LogP) is 1.56. The minimum atomic E-state index is -0.174. The van der Waals surface area contributed by atoms with Crippen LogP contribution in [0.4, 0.5) is 5.69 Å². The zero-order valence-corrected chi connectivity index (χ0v) is 16.1. The fourth-order valence-electron chi connectivity index (χ4n) is 3.00. The molecule has 8 heteroatoms. The number of carbonyl (C=O) groups is 2. The Hall–Kier alpha value is -3.00. The van der Waals surface area contributed by atoms with Gasteiger partial charge in [0, 0.05) is 26.3 Å². The molecule has 0 fully saturated rings. The van der Waals surface area contributed by atoms with E-state index in [4.69, 9.17) is 13.9 Å². The van der Waals surface area contributed by atoms with Gasteiger partial charge in [0.2, 0.25) is 5.91 Å². The van der Waals surface area contributed by atoms with E-state index in [2.05, 4.69) is 10.6 Å². The monoisotopic (exact) mass is 387 g/mol. The standard InChI is InChI=1S/C20H25N3O5/c1-23-15(11-19(24)22-12-16-4-3-8-27-16)13-28-18-6-5-14(10-17(18)23)20(25)21-7-9-26-2/h3-6,8,10,15H,7,9,11-13H2,1-2H3,(H,21,25)(H,22,24)/t15-/m1/s1. The molecule has 8 nitrogen and oxygen atoms in total. The summed E-state index contributed by atoms with van der Waals surface area (Å²) in [6, 6.07) is 8.76. The summed E-state index contributed by atoms with van der Waals surface area (Å²) >= 11 is 0. The Morgan fingerprint density at radius 2 is 2.14 bits per heavy atom. The van der Waals surface area contributed by atoms with Crippen LogP contribution in [-0.2, 0) is 16.1 Å². The molecule has 28 heavy (non-hydrogen) atoms. The highest BCUT2D eigenvalue weighted by atomic mass is 16.5. The van der Waals surface area contributed by atoms with E-state index in [1.807, 2.05) is 18.0 Å². The summed E-state index contributed by atoms with van der Waals surface area (Å²) in [5, 5.41) is 5.64. The largest absolute Gasteiger partial charge is 0.489 e. The molecule has 0 unspecified atom stereocenters. The number of nitrogens with zero attached hydrogens (tertiary/aromatic N) is 1. The van der Waals surface area contributed by atoms with Gasteiger partial charge in [0.15, 0.2) is 0 Å². The fraction of sp³-hybridized carbons (Fsp3) is 0.400. The first-order chi connectivity index (χ1) is 13.6. The van der Waals surface area contributed by atoms with Crippen LogP contribution in [0.1, 0.15) is 22.5 Å². The van der Waals surface area contributed by atoms with E-state index in [9.17, 15) is 9.59 Å². The quantitative estimate of drug-likeness (QED) is 0.668. The van der Waals surface area contributed by atoms with Gasteiger partial charge in [-0.25, -0.2) is 0 Å². The smallest absolute Gasteiger partial charge is 0.251 e. The number of anilines is 1. The molecule has 0 aliphatic carbocycles. The molecule has 2 heterocycles. The number of amides is 2. The molecule has 1 aliphatic rings. The summed E-state index contributed by atoms with van der Waals surface area (Å²) in [4.78, 5) is 26.5. The van der Waals surface area contributed by atoms with Crippen molar-refractivity contribution < 1.29 is 23.5 Å². The number of rotatable bonds is 8. The number of furan rings is 1. The van der Waals surface area contributed by atoms with Crippen LogP contribution in [0.3, 0.4) is 0 Å². The molecule has 0 saturated heterocycles. The first-order valence-corrected chi connectivity index (χ1v) is 9.14. The maximum Gasteiger partial charge on any atom is 0.251 e. The maximum atomic E-state index is 12.3. The van der Waals surface area contributed by atoms with Crippen LogP contribution < -0.4 is 20.3 Å². The summed E-state index contributed by atoms with van der Waals surface area (Å²) < 4.78 is 16.0. The second-order valence-corrected chi connectivity index (χ2v) is 6.57. The summed E-state index contributed by atoms with van der Waals surface area (Å²) in [7, 11) is 3.49. The van der Waals surface area contributed by atoms with E-state index in [0.29, 0.717) is 43.4 Å². The Balaban J connectivity index is 1.60. The first-order valence-electron chi connectivity index (χ1n) is 9.14. The molecule has 2 amide bonds. The fourth-order valence-corrected chi connectivity index (χ4v) is 3.00. The van der Waals surface area contributed by atoms with Crippen LogP contribution in [0, 0.1) is 0 Å². The second kappa shape index (κ2) is 9.27. The number of benzene rings is 1. The molecule has 0 bridgehead atoms. The molecule has 0 spiro atoms. The van der Waals surface area contributed by atoms with Crippen LogP contribution in [0.5, 0.6) is 5.75 Å². The zero-order valence-electron chi connectivity index (χ0n) is 16.1. The molecule has 1 atom stereocenters. The van der Waals surface area contributed by atoms with Gasteiger partial charge in [-0.05, 0) is 30.3 Å². The maximum absolute atomic E-state index is 12.3. The van der Waals surface area contributed by atoms with Gasteiger partial charge in [0.1, 0.15) is 18.1 Å². The van der Waals surface area contributed by atoms with Gasteiger partial charge in [-0.3, -0.25) is 9.59 Å². The summed E-state index contributed by atoms with van der Waals surface area (Å²) in [6.07, 6.45) is 1.85. The highest BCUT2D eigenvalue weighted by Crippen LogP contribution is 2.34. The number of ether oxygens (including phenoxy) is 2. The van der Waals surface area contributed by atoms with Crippen molar-refractivity contribution in [3.8, 4) is 5.75 Å². The number of fused-ring (bicyclic) bond motifs is 1. The molecular weight excluding hydrogens is 362 g/mol. The van der Waals surface area contributed by atoms with Gasteiger partial charge in [0.05, 0.1) is 37.6 Å². The van der Waals surface area contributed by atoms with E-state index >= 15 is 0 Å². The Morgan fingerprint density at radius 1 is 1.29 bits per heavy atom. The predicted molar refractivity (Wildman–Crippen MR) is 104 cm³/mol. The molecule has 1 aromatic carbocycles. The second-order valence-electron chi connectivity index (χ2n) is 6.57. The average Bonchev–Trinajstić information content (AvgIpc) is 3.22. The molecule has 3 rings (SSSR count). The lowest BCUT2D eigenvalue weighted by Crippen LogP contribution is -2.43. The minimum absolute atomic E-state index is 0.0891. The number of hydrogen-bond acceptors (Lipinski definition) is 6. The van der Waals surface area contributed by atoms with E-state index < -0.39 is 0 Å². The van der Waals surface area contributed by atoms with Crippen LogP contribution in [0.25, 0.3) is 0 Å². The number of carbonyl (C=O) groups excluding carboxylic acids is 2. The van der Waals surface area contributed by atoms with E-state index in [1.165, 1.54) is 0 Å². The van der Waals surface area contributed by atoms with Crippen molar-refractivity contribution in [3.05, 3.63) is 47.9 Å². The average molecular weight is 387 g/mol. The molecular formula is C20H25N3O5. The third kappa shape index (κ3) is 4.83. The van der Waals surface area contributed by atoms with Crippen LogP contribution in [-0.4, -0.2) is 51.8 Å². The molecule has 2 aromatic rings.